The lowest BCUT2D eigenvalue weighted by atomic mass is 9.98. The number of amides is 1. The van der Waals surface area contributed by atoms with Crippen molar-refractivity contribution in [2.45, 2.75) is 43.9 Å². The minimum absolute atomic E-state index is 0.134. The third-order valence-electron chi connectivity index (χ3n) is 5.27. The summed E-state index contributed by atoms with van der Waals surface area (Å²) in [4.78, 5) is 12.9. The van der Waals surface area contributed by atoms with Gasteiger partial charge in [0.1, 0.15) is 4.21 Å². The Balaban J connectivity index is 1.67. The molecule has 1 aromatic carbocycles. The van der Waals surface area contributed by atoms with Gasteiger partial charge >= 0.3 is 0 Å². The molecule has 1 amide bonds. The van der Waals surface area contributed by atoms with Crippen molar-refractivity contribution in [1.29, 1.82) is 0 Å². The summed E-state index contributed by atoms with van der Waals surface area (Å²) in [6.07, 6.45) is 1.33. The third kappa shape index (κ3) is 5.58. The van der Waals surface area contributed by atoms with Gasteiger partial charge in [0.2, 0.25) is 5.91 Å². The molecule has 3 rings (SSSR count). The Bertz CT molecular complexity index is 976. The topological polar surface area (TPSA) is 84.9 Å². The second kappa shape index (κ2) is 10.5. The zero-order chi connectivity index (χ0) is 22.4. The molecule has 0 radical (unpaired) electrons. The van der Waals surface area contributed by atoms with Crippen LogP contribution in [0.25, 0.3) is 0 Å². The van der Waals surface area contributed by atoms with Gasteiger partial charge in [-0.25, -0.2) is 8.42 Å². The maximum absolute atomic E-state index is 12.9. The molecule has 2 atom stereocenters. The van der Waals surface area contributed by atoms with Crippen molar-refractivity contribution < 1.29 is 22.7 Å². The van der Waals surface area contributed by atoms with Gasteiger partial charge in [-0.3, -0.25) is 4.79 Å². The van der Waals surface area contributed by atoms with Crippen LogP contribution in [0.3, 0.4) is 0 Å². The van der Waals surface area contributed by atoms with Crippen LogP contribution in [0.15, 0.2) is 39.9 Å². The summed E-state index contributed by atoms with van der Waals surface area (Å²) in [7, 11) is -3.55. The average molecular weight is 467 g/mol. The van der Waals surface area contributed by atoms with Crippen molar-refractivity contribution in [1.82, 2.24) is 9.62 Å². The molecule has 0 spiro atoms. The molecule has 0 saturated carbocycles. The van der Waals surface area contributed by atoms with Gasteiger partial charge in [0, 0.05) is 13.1 Å². The van der Waals surface area contributed by atoms with E-state index in [2.05, 4.69) is 5.32 Å². The molecule has 9 heteroatoms. The van der Waals surface area contributed by atoms with Crippen molar-refractivity contribution in [3.05, 3.63) is 41.3 Å². The lowest BCUT2D eigenvalue weighted by Gasteiger charge is -2.31. The van der Waals surface area contributed by atoms with Crippen molar-refractivity contribution >= 4 is 27.3 Å². The molecule has 1 fully saturated rings. The Kier molecular flexibility index (Phi) is 7.96. The predicted octanol–water partition coefficient (Wildman–Crippen LogP) is 3.82. The number of rotatable bonds is 9. The van der Waals surface area contributed by atoms with Crippen molar-refractivity contribution in [2.24, 2.45) is 5.92 Å². The van der Waals surface area contributed by atoms with E-state index >= 15 is 0 Å². The molecule has 1 aromatic heterocycles. The van der Waals surface area contributed by atoms with E-state index in [1.54, 1.807) is 17.5 Å². The maximum Gasteiger partial charge on any atom is 0.252 e. The Morgan fingerprint density at radius 3 is 2.65 bits per heavy atom. The van der Waals surface area contributed by atoms with E-state index in [1.165, 1.54) is 15.6 Å². The summed E-state index contributed by atoms with van der Waals surface area (Å²) in [5.41, 5.74) is 0.902. The van der Waals surface area contributed by atoms with Crippen molar-refractivity contribution in [3.63, 3.8) is 0 Å². The summed E-state index contributed by atoms with van der Waals surface area (Å²) in [6.45, 7) is 7.43. The van der Waals surface area contributed by atoms with Gasteiger partial charge in [0.25, 0.3) is 10.0 Å². The zero-order valence-corrected chi connectivity index (χ0v) is 19.8. The monoisotopic (exact) mass is 466 g/mol. The van der Waals surface area contributed by atoms with Gasteiger partial charge in [0.15, 0.2) is 11.5 Å². The van der Waals surface area contributed by atoms with Crippen LogP contribution in [0.1, 0.15) is 45.2 Å². The normalized spacial score (nSPS) is 18.4. The number of carbonyl (C=O) groups excluding carboxylic acids is 1. The highest BCUT2D eigenvalue weighted by atomic mass is 32.2. The summed E-state index contributed by atoms with van der Waals surface area (Å²) in [5, 5.41) is 4.79. The standard InChI is InChI=1S/C22H30N2O5S2/c1-4-28-19-11-10-17(14-20(19)29-5-2)16(3)23-22(25)18-8-6-12-24(15-18)31(26,27)21-9-7-13-30-21/h7,9-11,13-14,16,18H,4-6,8,12,15H2,1-3H3,(H,23,25)/t16-,18+/m0/s1. The maximum atomic E-state index is 12.9. The third-order valence-corrected chi connectivity index (χ3v) is 8.51. The fourth-order valence-corrected chi connectivity index (χ4v) is 6.33. The number of hydrogen-bond acceptors (Lipinski definition) is 6. The van der Waals surface area contributed by atoms with Gasteiger partial charge in [-0.15, -0.1) is 11.3 Å². The molecule has 170 valence electrons. The average Bonchev–Trinajstić information content (AvgIpc) is 3.31. The minimum atomic E-state index is -3.55. The number of carbonyl (C=O) groups is 1. The summed E-state index contributed by atoms with van der Waals surface area (Å²) >= 11 is 1.20. The minimum Gasteiger partial charge on any atom is -0.490 e. The van der Waals surface area contributed by atoms with Crippen LogP contribution >= 0.6 is 11.3 Å². The van der Waals surface area contributed by atoms with Crippen molar-refractivity contribution in [3.8, 4) is 11.5 Å². The second-order valence-electron chi connectivity index (χ2n) is 7.44. The first-order valence-corrected chi connectivity index (χ1v) is 12.9. The molecular weight excluding hydrogens is 436 g/mol. The quantitative estimate of drug-likeness (QED) is 0.607. The Morgan fingerprint density at radius 2 is 1.97 bits per heavy atom. The van der Waals surface area contributed by atoms with E-state index in [-0.39, 0.29) is 24.4 Å². The van der Waals surface area contributed by atoms with Crippen LogP contribution in [-0.4, -0.2) is 44.9 Å². The van der Waals surface area contributed by atoms with Gasteiger partial charge in [-0.1, -0.05) is 12.1 Å². The molecule has 1 N–H and O–H groups in total. The van der Waals surface area contributed by atoms with Gasteiger partial charge in [-0.2, -0.15) is 4.31 Å². The number of sulfonamides is 1. The Labute approximate surface area is 188 Å². The highest BCUT2D eigenvalue weighted by Crippen LogP contribution is 2.31. The second-order valence-corrected chi connectivity index (χ2v) is 10.5. The summed E-state index contributed by atoms with van der Waals surface area (Å²) in [5.74, 6) is 0.813. The van der Waals surface area contributed by atoms with E-state index < -0.39 is 10.0 Å². The van der Waals surface area contributed by atoms with Gasteiger partial charge in [-0.05, 0) is 62.8 Å². The van der Waals surface area contributed by atoms with Crippen LogP contribution in [-0.2, 0) is 14.8 Å². The number of benzene rings is 1. The zero-order valence-electron chi connectivity index (χ0n) is 18.2. The smallest absolute Gasteiger partial charge is 0.252 e. The number of nitrogens with one attached hydrogen (secondary N) is 1. The molecule has 1 saturated heterocycles. The molecule has 2 heterocycles. The van der Waals surface area contributed by atoms with Gasteiger partial charge < -0.3 is 14.8 Å². The number of thiophene rings is 1. The fourth-order valence-electron chi connectivity index (χ4n) is 3.66. The van der Waals surface area contributed by atoms with E-state index in [4.69, 9.17) is 9.47 Å². The Morgan fingerprint density at radius 1 is 1.23 bits per heavy atom. The van der Waals surface area contributed by atoms with E-state index in [0.717, 1.165) is 5.56 Å². The SMILES string of the molecule is CCOc1ccc([C@H](C)NC(=O)[C@@H]2CCCN(S(=O)(=O)c3cccs3)C2)cc1OCC. The van der Waals surface area contributed by atoms with E-state index in [9.17, 15) is 13.2 Å². The molecule has 7 nitrogen and oxygen atoms in total. The van der Waals surface area contributed by atoms with Crippen LogP contribution < -0.4 is 14.8 Å². The predicted molar refractivity (Wildman–Crippen MR) is 121 cm³/mol. The first-order valence-electron chi connectivity index (χ1n) is 10.6. The number of hydrogen-bond donors (Lipinski definition) is 1. The lowest BCUT2D eigenvalue weighted by Crippen LogP contribution is -2.45. The first-order chi connectivity index (χ1) is 14.9. The lowest BCUT2D eigenvalue weighted by molar-refractivity contribution is -0.126. The molecule has 1 aliphatic rings. The fraction of sp³-hybridized carbons (Fsp3) is 0.500. The summed E-state index contributed by atoms with van der Waals surface area (Å²) in [6, 6.07) is 8.73. The molecule has 1 aliphatic heterocycles. The van der Waals surface area contributed by atoms with E-state index in [1.807, 2.05) is 39.0 Å². The molecule has 2 aromatic rings. The molecule has 0 bridgehead atoms. The Hall–Kier alpha value is -2.10. The first kappa shape index (κ1) is 23.6. The molecule has 0 aliphatic carbocycles. The van der Waals surface area contributed by atoms with E-state index in [0.29, 0.717) is 48.3 Å². The number of piperidine rings is 1. The molecule has 0 unspecified atom stereocenters. The molecule has 31 heavy (non-hydrogen) atoms. The van der Waals surface area contributed by atoms with Crippen LogP contribution in [0, 0.1) is 5.92 Å². The number of nitrogens with zero attached hydrogens (tertiary/aromatic N) is 1. The molecular formula is C22H30N2O5S2. The largest absolute Gasteiger partial charge is 0.490 e. The van der Waals surface area contributed by atoms with Gasteiger partial charge in [0.05, 0.1) is 25.2 Å². The number of ether oxygens (including phenoxy) is 2. The van der Waals surface area contributed by atoms with Crippen LogP contribution in [0.2, 0.25) is 0 Å². The van der Waals surface area contributed by atoms with Crippen molar-refractivity contribution in [2.75, 3.05) is 26.3 Å². The highest BCUT2D eigenvalue weighted by Gasteiger charge is 2.34. The van der Waals surface area contributed by atoms with Crippen LogP contribution in [0.5, 0.6) is 11.5 Å². The highest BCUT2D eigenvalue weighted by molar-refractivity contribution is 7.91. The van der Waals surface area contributed by atoms with Crippen LogP contribution in [0.4, 0.5) is 0 Å². The summed E-state index contributed by atoms with van der Waals surface area (Å²) < 4.78 is 38.7.